The van der Waals surface area contributed by atoms with Crippen LogP contribution in [0.2, 0.25) is 0 Å². The molecule has 31 heavy (non-hydrogen) atoms. The Bertz CT molecular complexity index is 1130. The molecule has 4 rings (SSSR count). The molecule has 0 unspecified atom stereocenters. The summed E-state index contributed by atoms with van der Waals surface area (Å²) >= 11 is 1.08. The number of hydrogen-bond donors (Lipinski definition) is 1. The molecule has 0 aliphatic carbocycles. The van der Waals surface area contributed by atoms with Crippen LogP contribution in [0, 0.1) is 6.92 Å². The Balaban J connectivity index is 1.32. The summed E-state index contributed by atoms with van der Waals surface area (Å²) < 4.78 is 21.7. The largest absolute Gasteiger partial charge is 0.484 e. The molecule has 0 saturated heterocycles. The number of aryl methyl sites for hydroxylation is 1. The summed E-state index contributed by atoms with van der Waals surface area (Å²) in [6.45, 7) is 3.60. The van der Waals surface area contributed by atoms with Gasteiger partial charge >= 0.3 is 0 Å². The second-order valence-electron chi connectivity index (χ2n) is 6.71. The fraction of sp³-hybridized carbons (Fsp3) is 0.238. The second-order valence-corrected chi connectivity index (χ2v) is 7.64. The van der Waals surface area contributed by atoms with Gasteiger partial charge in [0.25, 0.3) is 11.1 Å². The molecule has 0 bridgehead atoms. The van der Waals surface area contributed by atoms with Crippen molar-refractivity contribution in [1.29, 1.82) is 0 Å². The molecule has 1 aliphatic heterocycles. The van der Waals surface area contributed by atoms with E-state index >= 15 is 0 Å². The molecule has 1 aromatic heterocycles. The Morgan fingerprint density at radius 2 is 1.97 bits per heavy atom. The number of Topliss-reactive ketones (excluding diaryl/α,β-unsaturated/α-hetero) is 1. The van der Waals surface area contributed by atoms with Gasteiger partial charge in [0.15, 0.2) is 23.9 Å². The summed E-state index contributed by atoms with van der Waals surface area (Å²) in [5.41, 5.74) is 1.79. The number of amides is 1. The number of nitrogens with one attached hydrogen (secondary N) is 1. The molecule has 0 radical (unpaired) electrons. The molecule has 0 fully saturated rings. The van der Waals surface area contributed by atoms with Crippen LogP contribution in [0.15, 0.2) is 46.0 Å². The first-order valence-corrected chi connectivity index (χ1v) is 10.4. The first-order valence-electron chi connectivity index (χ1n) is 9.37. The van der Waals surface area contributed by atoms with Crippen molar-refractivity contribution in [1.82, 2.24) is 10.2 Å². The average Bonchev–Trinajstić information content (AvgIpc) is 3.39. The summed E-state index contributed by atoms with van der Waals surface area (Å²) in [4.78, 5) is 24.3. The van der Waals surface area contributed by atoms with E-state index in [2.05, 4.69) is 15.5 Å². The fourth-order valence-electron chi connectivity index (χ4n) is 2.86. The van der Waals surface area contributed by atoms with E-state index in [1.165, 1.54) is 6.92 Å². The number of nitrogens with zero attached hydrogens (tertiary/aromatic N) is 2. The molecule has 1 amide bonds. The van der Waals surface area contributed by atoms with Crippen LogP contribution in [0.3, 0.4) is 0 Å². The molecule has 2 aromatic carbocycles. The molecule has 0 saturated carbocycles. The number of benzene rings is 2. The predicted molar refractivity (Wildman–Crippen MR) is 112 cm³/mol. The van der Waals surface area contributed by atoms with E-state index in [0.717, 1.165) is 17.3 Å². The SMILES string of the molecule is CC(=O)c1cc2c(cc1NC(=O)CSc1nnc(COc3cccc(C)c3)o1)OCO2. The number of hydrogen-bond acceptors (Lipinski definition) is 9. The lowest BCUT2D eigenvalue weighted by Gasteiger charge is -2.10. The molecule has 10 heteroatoms. The summed E-state index contributed by atoms with van der Waals surface area (Å²) in [6.07, 6.45) is 0. The van der Waals surface area contributed by atoms with Crippen molar-refractivity contribution in [2.75, 3.05) is 17.9 Å². The van der Waals surface area contributed by atoms with Gasteiger partial charge in [0, 0.05) is 11.6 Å². The van der Waals surface area contributed by atoms with Crippen molar-refractivity contribution in [2.24, 2.45) is 0 Å². The van der Waals surface area contributed by atoms with Crippen LogP contribution in [0.5, 0.6) is 17.2 Å². The zero-order valence-electron chi connectivity index (χ0n) is 16.8. The van der Waals surface area contributed by atoms with Crippen molar-refractivity contribution in [2.45, 2.75) is 25.7 Å². The lowest BCUT2D eigenvalue weighted by molar-refractivity contribution is -0.113. The smallest absolute Gasteiger partial charge is 0.277 e. The van der Waals surface area contributed by atoms with Crippen LogP contribution in [-0.4, -0.2) is 34.4 Å². The number of ketones is 1. The molecule has 0 atom stereocenters. The van der Waals surface area contributed by atoms with Gasteiger partial charge in [0.2, 0.25) is 12.7 Å². The zero-order valence-corrected chi connectivity index (χ0v) is 17.7. The van der Waals surface area contributed by atoms with Gasteiger partial charge in [0.1, 0.15) is 5.75 Å². The third kappa shape index (κ3) is 5.15. The number of aromatic nitrogens is 2. The normalized spacial score (nSPS) is 11.9. The van der Waals surface area contributed by atoms with Crippen LogP contribution in [0.25, 0.3) is 0 Å². The summed E-state index contributed by atoms with van der Waals surface area (Å²) in [5, 5.41) is 10.8. The number of ether oxygens (including phenoxy) is 3. The van der Waals surface area contributed by atoms with E-state index in [1.807, 2.05) is 31.2 Å². The van der Waals surface area contributed by atoms with E-state index in [4.69, 9.17) is 18.6 Å². The number of fused-ring (bicyclic) bond motifs is 1. The van der Waals surface area contributed by atoms with E-state index < -0.39 is 0 Å². The predicted octanol–water partition coefficient (Wildman–Crippen LogP) is 3.62. The topological polar surface area (TPSA) is 113 Å². The highest BCUT2D eigenvalue weighted by Gasteiger charge is 2.20. The van der Waals surface area contributed by atoms with Crippen molar-refractivity contribution in [3.8, 4) is 17.2 Å². The number of anilines is 1. The van der Waals surface area contributed by atoms with Gasteiger partial charge in [-0.3, -0.25) is 9.59 Å². The lowest BCUT2D eigenvalue weighted by Crippen LogP contribution is -2.16. The third-order valence-corrected chi connectivity index (χ3v) is 5.11. The molecule has 9 nitrogen and oxygen atoms in total. The maximum atomic E-state index is 12.4. The molecule has 2 heterocycles. The van der Waals surface area contributed by atoms with E-state index in [1.54, 1.807) is 12.1 Å². The van der Waals surface area contributed by atoms with Gasteiger partial charge in [-0.2, -0.15) is 0 Å². The molecule has 0 spiro atoms. The third-order valence-electron chi connectivity index (χ3n) is 4.29. The first-order chi connectivity index (χ1) is 15.0. The van der Waals surface area contributed by atoms with Crippen molar-refractivity contribution in [3.63, 3.8) is 0 Å². The zero-order chi connectivity index (χ0) is 21.8. The molecule has 160 valence electrons. The molecule has 3 aromatic rings. The Kier molecular flexibility index (Phi) is 6.08. The van der Waals surface area contributed by atoms with Crippen LogP contribution in [0.4, 0.5) is 5.69 Å². The standard InChI is InChI=1S/C21H19N3O6S/c1-12-4-3-5-14(6-12)27-9-20-23-24-21(30-20)31-10-19(26)22-16-8-18-17(28-11-29-18)7-15(16)13(2)25/h3-8H,9-11H2,1-2H3,(H,22,26). The fourth-order valence-corrected chi connectivity index (χ4v) is 3.44. The number of rotatable bonds is 8. The molecule has 1 aliphatic rings. The van der Waals surface area contributed by atoms with E-state index in [-0.39, 0.29) is 36.1 Å². The van der Waals surface area contributed by atoms with Crippen LogP contribution in [-0.2, 0) is 11.4 Å². The number of thioether (sulfide) groups is 1. The second kappa shape index (κ2) is 9.09. The Labute approximate surface area is 182 Å². The number of carbonyl (C=O) groups is 2. The summed E-state index contributed by atoms with van der Waals surface area (Å²) in [5.74, 6) is 1.45. The van der Waals surface area contributed by atoms with Gasteiger partial charge in [-0.1, -0.05) is 23.9 Å². The Hall–Kier alpha value is -3.53. The van der Waals surface area contributed by atoms with Crippen LogP contribution < -0.4 is 19.5 Å². The quantitative estimate of drug-likeness (QED) is 0.414. The molecule has 1 N–H and O–H groups in total. The summed E-state index contributed by atoms with van der Waals surface area (Å²) in [6, 6.07) is 10.8. The monoisotopic (exact) mass is 441 g/mol. The van der Waals surface area contributed by atoms with E-state index in [9.17, 15) is 9.59 Å². The van der Waals surface area contributed by atoms with Gasteiger partial charge in [-0.25, -0.2) is 0 Å². The van der Waals surface area contributed by atoms with Gasteiger partial charge in [-0.15, -0.1) is 10.2 Å². The van der Waals surface area contributed by atoms with Crippen molar-refractivity contribution < 1.29 is 28.2 Å². The maximum absolute atomic E-state index is 12.4. The highest BCUT2D eigenvalue weighted by atomic mass is 32.2. The van der Waals surface area contributed by atoms with Gasteiger partial charge in [-0.05, 0) is 37.6 Å². The minimum Gasteiger partial charge on any atom is -0.484 e. The van der Waals surface area contributed by atoms with Gasteiger partial charge < -0.3 is 23.9 Å². The highest BCUT2D eigenvalue weighted by molar-refractivity contribution is 7.99. The number of carbonyl (C=O) groups excluding carboxylic acids is 2. The average molecular weight is 441 g/mol. The highest BCUT2D eigenvalue weighted by Crippen LogP contribution is 2.37. The lowest BCUT2D eigenvalue weighted by atomic mass is 10.1. The van der Waals surface area contributed by atoms with Crippen molar-refractivity contribution >= 4 is 29.1 Å². The van der Waals surface area contributed by atoms with Gasteiger partial charge in [0.05, 0.1) is 11.4 Å². The molecular formula is C21H19N3O6S. The van der Waals surface area contributed by atoms with Crippen molar-refractivity contribution in [3.05, 3.63) is 53.4 Å². The van der Waals surface area contributed by atoms with E-state index in [0.29, 0.717) is 34.4 Å². The minimum absolute atomic E-state index is 0.0200. The Morgan fingerprint density at radius 1 is 1.16 bits per heavy atom. The van der Waals surface area contributed by atoms with Crippen LogP contribution in [0.1, 0.15) is 28.7 Å². The minimum atomic E-state index is -0.331. The summed E-state index contributed by atoms with van der Waals surface area (Å²) in [7, 11) is 0. The molecular weight excluding hydrogens is 422 g/mol. The first kappa shape index (κ1) is 20.7. The maximum Gasteiger partial charge on any atom is 0.277 e. The van der Waals surface area contributed by atoms with Crippen LogP contribution >= 0.6 is 11.8 Å². The Morgan fingerprint density at radius 3 is 2.74 bits per heavy atom.